The Balaban J connectivity index is 3.49. The minimum atomic E-state index is -1.11. The number of carbonyl (C=O) groups is 3. The van der Waals surface area contributed by atoms with Gasteiger partial charge in [-0.15, -0.1) is 0 Å². The van der Waals surface area contributed by atoms with Gasteiger partial charge in [-0.2, -0.15) is 0 Å². The average molecular weight is 428 g/mol. The van der Waals surface area contributed by atoms with E-state index in [-0.39, 0.29) is 10.9 Å². The van der Waals surface area contributed by atoms with Crippen molar-refractivity contribution in [3.05, 3.63) is 12.2 Å². The Morgan fingerprint density at radius 2 is 1.38 bits per heavy atom. The first-order chi connectivity index (χ1) is 14.0. The summed E-state index contributed by atoms with van der Waals surface area (Å²) in [5.41, 5.74) is 0. The van der Waals surface area contributed by atoms with Crippen LogP contribution < -0.4 is 5.32 Å². The lowest BCUT2D eigenvalue weighted by molar-refractivity contribution is -0.140. The lowest BCUT2D eigenvalue weighted by Gasteiger charge is -2.11. The second-order valence-corrected chi connectivity index (χ2v) is 8.69. The third kappa shape index (κ3) is 19.8. The molecule has 0 aliphatic carbocycles. The van der Waals surface area contributed by atoms with Gasteiger partial charge in [0.05, 0.1) is 0 Å². The summed E-state index contributed by atoms with van der Waals surface area (Å²) in [5, 5.41) is 11.3. The van der Waals surface area contributed by atoms with Gasteiger partial charge >= 0.3 is 5.97 Å². The minimum absolute atomic E-state index is 0.000713. The molecule has 0 spiro atoms. The highest BCUT2D eigenvalue weighted by Crippen LogP contribution is 2.14. The lowest BCUT2D eigenvalue weighted by Crippen LogP contribution is -2.41. The van der Waals surface area contributed by atoms with Crippen LogP contribution in [0.2, 0.25) is 0 Å². The minimum Gasteiger partial charge on any atom is -0.480 e. The molecular formula is C23H41NO4S. The van der Waals surface area contributed by atoms with Gasteiger partial charge in [0.1, 0.15) is 6.04 Å². The van der Waals surface area contributed by atoms with Crippen LogP contribution in [0.4, 0.5) is 0 Å². The Labute approximate surface area is 181 Å². The maximum absolute atomic E-state index is 11.8. The van der Waals surface area contributed by atoms with Gasteiger partial charge in [0.15, 0.2) is 5.12 Å². The van der Waals surface area contributed by atoms with E-state index in [1.54, 1.807) is 0 Å². The van der Waals surface area contributed by atoms with Crippen LogP contribution in [-0.4, -0.2) is 33.9 Å². The molecule has 0 aromatic heterocycles. The van der Waals surface area contributed by atoms with E-state index in [1.807, 2.05) is 0 Å². The van der Waals surface area contributed by atoms with Crippen molar-refractivity contribution in [1.29, 1.82) is 0 Å². The highest BCUT2D eigenvalue weighted by Gasteiger charge is 2.19. The molecule has 0 aromatic rings. The maximum Gasteiger partial charge on any atom is 0.327 e. The number of amides is 1. The van der Waals surface area contributed by atoms with Crippen LogP contribution in [0.15, 0.2) is 12.2 Å². The van der Waals surface area contributed by atoms with E-state index in [9.17, 15) is 14.4 Å². The van der Waals surface area contributed by atoms with Gasteiger partial charge in [0.2, 0.25) is 5.91 Å². The fourth-order valence-corrected chi connectivity index (χ4v) is 3.88. The smallest absolute Gasteiger partial charge is 0.327 e. The molecule has 5 nitrogen and oxygen atoms in total. The Hall–Kier alpha value is -1.30. The normalized spacial score (nSPS) is 12.2. The molecule has 0 heterocycles. The van der Waals surface area contributed by atoms with Gasteiger partial charge in [-0.3, -0.25) is 9.59 Å². The van der Waals surface area contributed by atoms with Crippen LogP contribution in [0.25, 0.3) is 0 Å². The summed E-state index contributed by atoms with van der Waals surface area (Å²) in [6.45, 7) is 3.52. The number of hydrogen-bond acceptors (Lipinski definition) is 4. The highest BCUT2D eigenvalue weighted by molar-refractivity contribution is 8.13. The molecule has 1 amide bonds. The molecule has 6 heteroatoms. The number of rotatable bonds is 19. The summed E-state index contributed by atoms with van der Waals surface area (Å²) in [6, 6.07) is -1.00. The molecule has 168 valence electrons. The topological polar surface area (TPSA) is 83.5 Å². The third-order valence-electron chi connectivity index (χ3n) is 4.73. The van der Waals surface area contributed by atoms with Gasteiger partial charge in [0.25, 0.3) is 0 Å². The Kier molecular flexibility index (Phi) is 19.1. The number of carboxylic acids is 1. The van der Waals surface area contributed by atoms with E-state index in [2.05, 4.69) is 24.4 Å². The number of hydrogen-bond donors (Lipinski definition) is 2. The van der Waals surface area contributed by atoms with E-state index < -0.39 is 17.9 Å². The monoisotopic (exact) mass is 427 g/mol. The molecule has 0 unspecified atom stereocenters. The van der Waals surface area contributed by atoms with Crippen molar-refractivity contribution < 1.29 is 19.5 Å². The summed E-state index contributed by atoms with van der Waals surface area (Å²) in [5.74, 6) is -1.43. The zero-order chi connectivity index (χ0) is 21.7. The van der Waals surface area contributed by atoms with E-state index in [0.29, 0.717) is 6.42 Å². The van der Waals surface area contributed by atoms with Gasteiger partial charge < -0.3 is 10.4 Å². The molecule has 0 radical (unpaired) electrons. The van der Waals surface area contributed by atoms with Crippen molar-refractivity contribution in [3.63, 3.8) is 0 Å². The molecular weight excluding hydrogens is 386 g/mol. The van der Waals surface area contributed by atoms with E-state index >= 15 is 0 Å². The first-order valence-electron chi connectivity index (χ1n) is 11.3. The van der Waals surface area contributed by atoms with Crippen molar-refractivity contribution in [1.82, 2.24) is 5.32 Å². The van der Waals surface area contributed by atoms with Crippen LogP contribution >= 0.6 is 11.8 Å². The SMILES string of the molecule is CCCCCCCC/C=C\CCCCCCCC(=O)SC[C@H](NC(C)=O)C(=O)O. The fraction of sp³-hybridized carbons (Fsp3) is 0.783. The maximum atomic E-state index is 11.8. The zero-order valence-electron chi connectivity index (χ0n) is 18.4. The predicted octanol–water partition coefficient (Wildman–Crippen LogP) is 5.87. The molecule has 0 aliphatic rings. The first-order valence-corrected chi connectivity index (χ1v) is 12.3. The molecule has 0 saturated heterocycles. The molecule has 0 aliphatic heterocycles. The quantitative estimate of drug-likeness (QED) is 0.199. The zero-order valence-corrected chi connectivity index (χ0v) is 19.2. The summed E-state index contributed by atoms with van der Waals surface area (Å²) in [7, 11) is 0. The number of carboxylic acid groups (broad SMARTS) is 1. The molecule has 2 N–H and O–H groups in total. The van der Waals surface area contributed by atoms with Gasteiger partial charge in [-0.05, 0) is 32.1 Å². The molecule has 0 aromatic carbocycles. The van der Waals surface area contributed by atoms with Crippen LogP contribution in [0.3, 0.4) is 0 Å². The van der Waals surface area contributed by atoms with Crippen LogP contribution in [-0.2, 0) is 14.4 Å². The number of nitrogens with one attached hydrogen (secondary N) is 1. The van der Waals surface area contributed by atoms with Crippen molar-refractivity contribution in [2.75, 3.05) is 5.75 Å². The average Bonchev–Trinajstić information content (AvgIpc) is 2.67. The van der Waals surface area contributed by atoms with E-state index in [4.69, 9.17) is 5.11 Å². The van der Waals surface area contributed by atoms with Crippen molar-refractivity contribution in [2.45, 2.75) is 110 Å². The first kappa shape index (κ1) is 27.7. The van der Waals surface area contributed by atoms with Crippen LogP contribution in [0.5, 0.6) is 0 Å². The van der Waals surface area contributed by atoms with Gasteiger partial charge in [-0.25, -0.2) is 4.79 Å². The predicted molar refractivity (Wildman–Crippen MR) is 122 cm³/mol. The standard InChI is InChI=1S/C23H41NO4S/c1-3-4-5-6-7-8-9-10-11-12-13-14-15-16-17-18-22(26)29-19-21(23(27)28)24-20(2)25/h10-11,21H,3-9,12-19H2,1-2H3,(H,24,25)(H,27,28)/b11-10-/t21-/m0/s1. The molecule has 0 rings (SSSR count). The van der Waals surface area contributed by atoms with Crippen LogP contribution in [0, 0.1) is 0 Å². The summed E-state index contributed by atoms with van der Waals surface area (Å²) < 4.78 is 0. The molecule has 29 heavy (non-hydrogen) atoms. The van der Waals surface area contributed by atoms with Gasteiger partial charge in [-0.1, -0.05) is 82.2 Å². The molecule has 0 fully saturated rings. The number of unbranched alkanes of at least 4 members (excludes halogenated alkanes) is 11. The Morgan fingerprint density at radius 3 is 1.90 bits per heavy atom. The lowest BCUT2D eigenvalue weighted by atomic mass is 10.1. The second-order valence-electron chi connectivity index (χ2n) is 7.61. The molecule has 1 atom stereocenters. The third-order valence-corrected chi connectivity index (χ3v) is 5.76. The van der Waals surface area contributed by atoms with E-state index in [0.717, 1.165) is 37.4 Å². The summed E-state index contributed by atoms with van der Waals surface area (Å²) in [6.07, 6.45) is 20.9. The summed E-state index contributed by atoms with van der Waals surface area (Å²) >= 11 is 0.998. The number of thioether (sulfide) groups is 1. The fourth-order valence-electron chi connectivity index (χ4n) is 3.01. The van der Waals surface area contributed by atoms with Crippen molar-refractivity contribution >= 4 is 28.8 Å². The number of carbonyl (C=O) groups excluding carboxylic acids is 2. The largest absolute Gasteiger partial charge is 0.480 e. The Morgan fingerprint density at radius 1 is 0.862 bits per heavy atom. The van der Waals surface area contributed by atoms with Crippen LogP contribution in [0.1, 0.15) is 104 Å². The highest BCUT2D eigenvalue weighted by atomic mass is 32.2. The number of allylic oxidation sites excluding steroid dienone is 2. The van der Waals surface area contributed by atoms with Crippen molar-refractivity contribution in [2.24, 2.45) is 0 Å². The Bertz CT molecular complexity index is 479. The molecule has 0 saturated carbocycles. The second kappa shape index (κ2) is 20.0. The molecule has 0 bridgehead atoms. The van der Waals surface area contributed by atoms with E-state index in [1.165, 1.54) is 64.7 Å². The van der Waals surface area contributed by atoms with Gasteiger partial charge in [0, 0.05) is 19.1 Å². The summed E-state index contributed by atoms with van der Waals surface area (Å²) in [4.78, 5) is 33.8. The van der Waals surface area contributed by atoms with Crippen molar-refractivity contribution in [3.8, 4) is 0 Å². The number of aliphatic carboxylic acids is 1.